The Hall–Kier alpha value is -1.52. The van der Waals surface area contributed by atoms with Crippen LogP contribution in [0.4, 0.5) is 11.4 Å². The topological polar surface area (TPSA) is 63.4 Å². The molecule has 0 spiro atoms. The average molecular weight is 323 g/mol. The number of allylic oxidation sites excluding steroid dienone is 2. The number of halogens is 2. The highest BCUT2D eigenvalue weighted by molar-refractivity contribution is 6.39. The number of carbonyl (C=O) groups is 2. The summed E-state index contributed by atoms with van der Waals surface area (Å²) in [5.41, 5.74) is 6.36. The molecule has 1 aromatic carbocycles. The zero-order valence-electron chi connectivity index (χ0n) is 10.9. The molecule has 4 atom stereocenters. The lowest BCUT2D eigenvalue weighted by Gasteiger charge is -2.18. The molecule has 2 amide bonds. The van der Waals surface area contributed by atoms with E-state index < -0.39 is 0 Å². The van der Waals surface area contributed by atoms with Crippen molar-refractivity contribution in [1.29, 1.82) is 0 Å². The Bertz CT molecular complexity index is 663. The molecule has 2 N–H and O–H groups in total. The van der Waals surface area contributed by atoms with Gasteiger partial charge < -0.3 is 5.73 Å². The Morgan fingerprint density at radius 2 is 1.48 bits per heavy atom. The van der Waals surface area contributed by atoms with Gasteiger partial charge in [0.05, 0.1) is 33.3 Å². The van der Waals surface area contributed by atoms with Crippen LogP contribution < -0.4 is 10.6 Å². The fourth-order valence-electron chi connectivity index (χ4n) is 3.86. The SMILES string of the molecule is Nc1c(Cl)cc(N2C(=O)[C@@H]3[C@@H](C2=O)[C@H]2C=C[C@@H]3C2)cc1Cl. The predicted octanol–water partition coefficient (Wildman–Crippen LogP) is 2.89. The van der Waals surface area contributed by atoms with Crippen LogP contribution in [0, 0.1) is 23.7 Å². The van der Waals surface area contributed by atoms with Gasteiger partial charge in [-0.05, 0) is 30.4 Å². The van der Waals surface area contributed by atoms with Gasteiger partial charge in [-0.25, -0.2) is 4.90 Å². The molecular formula is C15H12Cl2N2O2. The fourth-order valence-corrected chi connectivity index (χ4v) is 4.33. The summed E-state index contributed by atoms with van der Waals surface area (Å²) in [4.78, 5) is 26.5. The summed E-state index contributed by atoms with van der Waals surface area (Å²) in [5.74, 6) is -0.412. The van der Waals surface area contributed by atoms with E-state index in [9.17, 15) is 9.59 Å². The monoisotopic (exact) mass is 322 g/mol. The first-order chi connectivity index (χ1) is 9.99. The van der Waals surface area contributed by atoms with Crippen LogP contribution in [0.25, 0.3) is 0 Å². The van der Waals surface area contributed by atoms with Crippen molar-refractivity contribution in [2.45, 2.75) is 6.42 Å². The number of anilines is 2. The molecule has 2 bridgehead atoms. The largest absolute Gasteiger partial charge is 0.396 e. The molecule has 21 heavy (non-hydrogen) atoms. The number of rotatable bonds is 1. The average Bonchev–Trinajstić information content (AvgIpc) is 3.10. The Labute approximate surface area is 131 Å². The van der Waals surface area contributed by atoms with Gasteiger partial charge in [0.15, 0.2) is 0 Å². The number of imide groups is 1. The van der Waals surface area contributed by atoms with Crippen molar-refractivity contribution in [3.63, 3.8) is 0 Å². The number of fused-ring (bicyclic) bond motifs is 5. The van der Waals surface area contributed by atoms with Gasteiger partial charge in [-0.3, -0.25) is 9.59 Å². The Kier molecular flexibility index (Phi) is 2.66. The molecule has 1 saturated heterocycles. The molecule has 4 rings (SSSR count). The number of carbonyl (C=O) groups excluding carboxylic acids is 2. The molecule has 0 aromatic heterocycles. The van der Waals surface area contributed by atoms with Crippen LogP contribution >= 0.6 is 23.2 Å². The summed E-state index contributed by atoms with van der Waals surface area (Å²) >= 11 is 12.0. The molecule has 3 aliphatic rings. The van der Waals surface area contributed by atoms with E-state index in [1.807, 2.05) is 0 Å². The van der Waals surface area contributed by atoms with Gasteiger partial charge in [0.2, 0.25) is 11.8 Å². The maximum atomic E-state index is 12.6. The normalized spacial score (nSPS) is 33.1. The molecule has 108 valence electrons. The van der Waals surface area contributed by atoms with Gasteiger partial charge in [0.25, 0.3) is 0 Å². The Morgan fingerprint density at radius 3 is 1.95 bits per heavy atom. The van der Waals surface area contributed by atoms with E-state index >= 15 is 0 Å². The van der Waals surface area contributed by atoms with Gasteiger partial charge in [-0.15, -0.1) is 0 Å². The smallest absolute Gasteiger partial charge is 0.238 e. The van der Waals surface area contributed by atoms with Gasteiger partial charge >= 0.3 is 0 Å². The standard InChI is InChI=1S/C15H12Cl2N2O2/c16-9-4-8(5-10(17)13(9)18)19-14(20)11-6-1-2-7(3-6)12(11)15(19)21/h1-2,4-7,11-12H,3,18H2/t6-,7+,11-,12-/m0/s1. The van der Waals surface area contributed by atoms with Gasteiger partial charge in [-0.1, -0.05) is 35.4 Å². The summed E-state index contributed by atoms with van der Waals surface area (Å²) < 4.78 is 0. The first-order valence-corrected chi connectivity index (χ1v) is 7.55. The first-order valence-electron chi connectivity index (χ1n) is 6.79. The number of nitrogen functional groups attached to an aromatic ring is 1. The van der Waals surface area contributed by atoms with Crippen LogP contribution in [-0.4, -0.2) is 11.8 Å². The molecule has 0 radical (unpaired) electrons. The minimum absolute atomic E-state index is 0.154. The zero-order valence-corrected chi connectivity index (χ0v) is 12.4. The van der Waals surface area contributed by atoms with Gasteiger partial charge in [0.1, 0.15) is 0 Å². The molecule has 4 nitrogen and oxygen atoms in total. The van der Waals surface area contributed by atoms with Crippen molar-refractivity contribution in [3.8, 4) is 0 Å². The third-order valence-corrected chi connectivity index (χ3v) is 5.42. The number of hydrogen-bond donors (Lipinski definition) is 1. The highest BCUT2D eigenvalue weighted by atomic mass is 35.5. The van der Waals surface area contributed by atoms with Crippen LogP contribution in [-0.2, 0) is 9.59 Å². The quantitative estimate of drug-likeness (QED) is 0.491. The van der Waals surface area contributed by atoms with Crippen molar-refractivity contribution in [1.82, 2.24) is 0 Å². The highest BCUT2D eigenvalue weighted by Gasteiger charge is 2.59. The van der Waals surface area contributed by atoms with Crippen LogP contribution in [0.3, 0.4) is 0 Å². The lowest BCUT2D eigenvalue weighted by Crippen LogP contribution is -2.32. The lowest BCUT2D eigenvalue weighted by atomic mass is 9.85. The highest BCUT2D eigenvalue weighted by Crippen LogP contribution is 2.53. The van der Waals surface area contributed by atoms with Crippen molar-refractivity contribution in [2.75, 3.05) is 10.6 Å². The number of benzene rings is 1. The van der Waals surface area contributed by atoms with Crippen LogP contribution in [0.1, 0.15) is 6.42 Å². The van der Waals surface area contributed by atoms with Gasteiger partial charge in [0, 0.05) is 0 Å². The number of hydrogen-bond acceptors (Lipinski definition) is 3. The van der Waals surface area contributed by atoms with Crippen LogP contribution in [0.2, 0.25) is 10.0 Å². The second kappa shape index (κ2) is 4.24. The van der Waals surface area contributed by atoms with Crippen LogP contribution in [0.15, 0.2) is 24.3 Å². The Balaban J connectivity index is 1.78. The van der Waals surface area contributed by atoms with Crippen molar-refractivity contribution >= 4 is 46.4 Å². The minimum atomic E-state index is -0.234. The summed E-state index contributed by atoms with van der Waals surface area (Å²) in [5, 5.41) is 0.493. The molecule has 6 heteroatoms. The van der Waals surface area contributed by atoms with E-state index in [-0.39, 0.29) is 51.2 Å². The predicted molar refractivity (Wildman–Crippen MR) is 81.1 cm³/mol. The van der Waals surface area contributed by atoms with E-state index in [0.717, 1.165) is 6.42 Å². The molecule has 2 fully saturated rings. The molecule has 1 saturated carbocycles. The number of amides is 2. The van der Waals surface area contributed by atoms with Crippen molar-refractivity contribution < 1.29 is 9.59 Å². The van der Waals surface area contributed by atoms with E-state index in [4.69, 9.17) is 28.9 Å². The van der Waals surface area contributed by atoms with E-state index in [1.54, 1.807) is 0 Å². The third kappa shape index (κ3) is 1.63. The third-order valence-electron chi connectivity index (χ3n) is 4.79. The zero-order chi connectivity index (χ0) is 14.9. The van der Waals surface area contributed by atoms with Crippen LogP contribution in [0.5, 0.6) is 0 Å². The maximum absolute atomic E-state index is 12.6. The minimum Gasteiger partial charge on any atom is -0.396 e. The van der Waals surface area contributed by atoms with E-state index in [0.29, 0.717) is 5.69 Å². The molecule has 2 aliphatic carbocycles. The van der Waals surface area contributed by atoms with Crippen molar-refractivity contribution in [3.05, 3.63) is 34.3 Å². The number of nitrogens with zero attached hydrogens (tertiary/aromatic N) is 1. The second-order valence-corrected chi connectivity index (χ2v) is 6.65. The lowest BCUT2D eigenvalue weighted by molar-refractivity contribution is -0.123. The molecule has 1 aromatic rings. The maximum Gasteiger partial charge on any atom is 0.238 e. The summed E-state index contributed by atoms with van der Waals surface area (Å²) in [6.45, 7) is 0. The van der Waals surface area contributed by atoms with E-state index in [2.05, 4.69) is 12.2 Å². The first kappa shape index (κ1) is 13.2. The molecular weight excluding hydrogens is 311 g/mol. The molecule has 0 unspecified atom stereocenters. The summed E-state index contributed by atoms with van der Waals surface area (Å²) in [6, 6.07) is 3.05. The molecule has 1 aliphatic heterocycles. The Morgan fingerprint density at radius 1 is 1.00 bits per heavy atom. The molecule has 1 heterocycles. The number of nitrogens with two attached hydrogens (primary N) is 1. The van der Waals surface area contributed by atoms with Crippen molar-refractivity contribution in [2.24, 2.45) is 23.7 Å². The fraction of sp³-hybridized carbons (Fsp3) is 0.333. The summed E-state index contributed by atoms with van der Waals surface area (Å²) in [6.07, 6.45) is 5.02. The second-order valence-electron chi connectivity index (χ2n) is 5.83. The van der Waals surface area contributed by atoms with Gasteiger partial charge in [-0.2, -0.15) is 0 Å². The summed E-state index contributed by atoms with van der Waals surface area (Å²) in [7, 11) is 0. The van der Waals surface area contributed by atoms with E-state index in [1.165, 1.54) is 17.0 Å².